The minimum atomic E-state index is -0.297. The molecule has 0 aromatic rings. The number of nitrogens with one attached hydrogen (secondary N) is 1. The van der Waals surface area contributed by atoms with Crippen LogP contribution in [0.4, 0.5) is 0 Å². The van der Waals surface area contributed by atoms with Gasteiger partial charge in [-0.1, -0.05) is 20.3 Å². The van der Waals surface area contributed by atoms with Gasteiger partial charge in [-0.05, 0) is 37.9 Å². The first-order chi connectivity index (χ1) is 10.0. The Hall–Kier alpha value is -0.710. The summed E-state index contributed by atoms with van der Waals surface area (Å²) in [6.45, 7) is 4.79. The third-order valence-electron chi connectivity index (χ3n) is 4.65. The zero-order valence-corrected chi connectivity index (χ0v) is 14.2. The van der Waals surface area contributed by atoms with Crippen molar-refractivity contribution in [3.05, 3.63) is 0 Å². The molecule has 1 N–H and O–H groups in total. The fraction of sp³-hybridized carbons (Fsp3) is 0.875. The summed E-state index contributed by atoms with van der Waals surface area (Å²) >= 11 is 1.90. The zero-order valence-electron chi connectivity index (χ0n) is 13.4. The quantitative estimate of drug-likeness (QED) is 0.848. The number of hydrogen-bond acceptors (Lipinski definition) is 3. The van der Waals surface area contributed by atoms with Gasteiger partial charge < -0.3 is 10.2 Å². The molecule has 2 aliphatic rings. The summed E-state index contributed by atoms with van der Waals surface area (Å²) in [6.07, 6.45) is 8.20. The molecule has 0 radical (unpaired) electrons. The van der Waals surface area contributed by atoms with E-state index in [1.807, 2.05) is 25.6 Å². The molecule has 3 atom stereocenters. The summed E-state index contributed by atoms with van der Waals surface area (Å²) in [7, 11) is 0. The highest BCUT2D eigenvalue weighted by atomic mass is 32.2. The van der Waals surface area contributed by atoms with Crippen molar-refractivity contribution < 1.29 is 9.59 Å². The largest absolute Gasteiger partial charge is 0.352 e. The number of carbonyl (C=O) groups excluding carboxylic acids is 2. The molecule has 2 amide bonds. The molecule has 1 heterocycles. The number of nitrogens with zero attached hydrogens (tertiary/aromatic N) is 1. The molecule has 21 heavy (non-hydrogen) atoms. The van der Waals surface area contributed by atoms with Crippen molar-refractivity contribution in [3.8, 4) is 0 Å². The standard InChI is InChI=1S/C16H28N2O2S/c1-11(2)15(18-9-5-8-14(18)19)16(20)17-12-6-4-7-13(10-12)21-3/h11-13,15H,4-10H2,1-3H3,(H,17,20)/t12-,13-,15-/m1/s1. The third-order valence-corrected chi connectivity index (χ3v) is 5.75. The smallest absolute Gasteiger partial charge is 0.243 e. The maximum Gasteiger partial charge on any atom is 0.243 e. The SMILES string of the molecule is CS[C@@H]1CCC[C@@H](NC(=O)[C@@H](C(C)C)N2CCCC2=O)C1. The number of rotatable bonds is 5. The Morgan fingerprint density at radius 1 is 1.33 bits per heavy atom. The molecule has 2 rings (SSSR count). The molecule has 1 saturated heterocycles. The van der Waals surface area contributed by atoms with Crippen molar-refractivity contribution >= 4 is 23.6 Å². The number of amides is 2. The first-order valence-corrected chi connectivity index (χ1v) is 9.44. The van der Waals surface area contributed by atoms with Gasteiger partial charge in [0.25, 0.3) is 0 Å². The topological polar surface area (TPSA) is 49.4 Å². The van der Waals surface area contributed by atoms with Crippen LogP contribution in [0.3, 0.4) is 0 Å². The highest BCUT2D eigenvalue weighted by Gasteiger charge is 2.36. The molecular weight excluding hydrogens is 284 g/mol. The first kappa shape index (κ1) is 16.7. The Balaban J connectivity index is 1.97. The highest BCUT2D eigenvalue weighted by Crippen LogP contribution is 2.27. The number of thioether (sulfide) groups is 1. The van der Waals surface area contributed by atoms with Gasteiger partial charge in [0.05, 0.1) is 0 Å². The van der Waals surface area contributed by atoms with Crippen LogP contribution in [-0.4, -0.2) is 46.8 Å². The summed E-state index contributed by atoms with van der Waals surface area (Å²) in [5.41, 5.74) is 0. The average molecular weight is 312 g/mol. The van der Waals surface area contributed by atoms with Crippen molar-refractivity contribution in [1.29, 1.82) is 0 Å². The monoisotopic (exact) mass is 312 g/mol. The molecule has 0 aromatic carbocycles. The Kier molecular flexibility index (Phi) is 5.97. The lowest BCUT2D eigenvalue weighted by atomic mass is 9.93. The lowest BCUT2D eigenvalue weighted by Crippen LogP contribution is -2.53. The van der Waals surface area contributed by atoms with Crippen LogP contribution in [0.25, 0.3) is 0 Å². The summed E-state index contributed by atoms with van der Waals surface area (Å²) in [4.78, 5) is 26.4. The van der Waals surface area contributed by atoms with Crippen molar-refractivity contribution in [2.24, 2.45) is 5.92 Å². The Bertz CT molecular complexity index is 386. The zero-order chi connectivity index (χ0) is 15.4. The minimum absolute atomic E-state index is 0.0482. The van der Waals surface area contributed by atoms with Gasteiger partial charge in [0.2, 0.25) is 11.8 Å². The molecule has 0 aromatic heterocycles. The van der Waals surface area contributed by atoms with Crippen LogP contribution in [0.5, 0.6) is 0 Å². The van der Waals surface area contributed by atoms with E-state index in [4.69, 9.17) is 0 Å². The lowest BCUT2D eigenvalue weighted by Gasteiger charge is -2.34. The molecule has 0 spiro atoms. The summed E-state index contributed by atoms with van der Waals surface area (Å²) in [5.74, 6) is 0.341. The van der Waals surface area contributed by atoms with Gasteiger partial charge >= 0.3 is 0 Å². The van der Waals surface area contributed by atoms with Crippen molar-refractivity contribution in [2.45, 2.75) is 69.7 Å². The van der Waals surface area contributed by atoms with Crippen LogP contribution in [-0.2, 0) is 9.59 Å². The van der Waals surface area contributed by atoms with Gasteiger partial charge in [0.1, 0.15) is 6.04 Å². The van der Waals surface area contributed by atoms with E-state index in [1.54, 1.807) is 4.90 Å². The van der Waals surface area contributed by atoms with E-state index in [2.05, 4.69) is 11.6 Å². The van der Waals surface area contributed by atoms with Gasteiger partial charge in [-0.2, -0.15) is 11.8 Å². The molecule has 1 aliphatic carbocycles. The van der Waals surface area contributed by atoms with Crippen molar-refractivity contribution in [2.75, 3.05) is 12.8 Å². The van der Waals surface area contributed by atoms with E-state index in [1.165, 1.54) is 12.8 Å². The lowest BCUT2D eigenvalue weighted by molar-refractivity contribution is -0.139. The van der Waals surface area contributed by atoms with Gasteiger partial charge in [-0.15, -0.1) is 0 Å². The maximum atomic E-state index is 12.7. The predicted octanol–water partition coefficient (Wildman–Crippen LogP) is 2.42. The van der Waals surface area contributed by atoms with Crippen molar-refractivity contribution in [1.82, 2.24) is 10.2 Å². The molecule has 4 nitrogen and oxygen atoms in total. The third kappa shape index (κ3) is 4.15. The van der Waals surface area contributed by atoms with Gasteiger partial charge in [-0.25, -0.2) is 0 Å². The fourth-order valence-electron chi connectivity index (χ4n) is 3.54. The molecule has 0 bridgehead atoms. The van der Waals surface area contributed by atoms with E-state index in [0.29, 0.717) is 11.7 Å². The molecule has 120 valence electrons. The molecular formula is C16H28N2O2S. The van der Waals surface area contributed by atoms with E-state index in [0.717, 1.165) is 25.8 Å². The first-order valence-electron chi connectivity index (χ1n) is 8.15. The summed E-state index contributed by atoms with van der Waals surface area (Å²) < 4.78 is 0. The Labute approximate surface area is 132 Å². The second kappa shape index (κ2) is 7.52. The number of carbonyl (C=O) groups is 2. The Morgan fingerprint density at radius 2 is 2.10 bits per heavy atom. The second-order valence-corrected chi connectivity index (χ2v) is 7.75. The number of likely N-dealkylation sites (tertiary alicyclic amines) is 1. The van der Waals surface area contributed by atoms with E-state index in [-0.39, 0.29) is 29.8 Å². The molecule has 0 unspecified atom stereocenters. The van der Waals surface area contributed by atoms with Crippen LogP contribution in [0.1, 0.15) is 52.4 Å². The van der Waals surface area contributed by atoms with Gasteiger partial charge in [0, 0.05) is 24.3 Å². The Morgan fingerprint density at radius 3 is 2.67 bits per heavy atom. The van der Waals surface area contributed by atoms with Crippen LogP contribution in [0, 0.1) is 5.92 Å². The average Bonchev–Trinajstić information content (AvgIpc) is 2.85. The van der Waals surface area contributed by atoms with E-state index in [9.17, 15) is 9.59 Å². The van der Waals surface area contributed by atoms with Crippen LogP contribution >= 0.6 is 11.8 Å². The van der Waals surface area contributed by atoms with E-state index < -0.39 is 0 Å². The fourth-order valence-corrected chi connectivity index (χ4v) is 4.37. The predicted molar refractivity (Wildman–Crippen MR) is 87.3 cm³/mol. The normalized spacial score (nSPS) is 28.0. The summed E-state index contributed by atoms with van der Waals surface area (Å²) in [5, 5.41) is 3.88. The van der Waals surface area contributed by atoms with Crippen LogP contribution in [0.15, 0.2) is 0 Å². The maximum absolute atomic E-state index is 12.7. The van der Waals surface area contributed by atoms with Crippen LogP contribution < -0.4 is 5.32 Å². The molecule has 2 fully saturated rings. The van der Waals surface area contributed by atoms with Gasteiger partial charge in [0.15, 0.2) is 0 Å². The molecule has 5 heteroatoms. The van der Waals surface area contributed by atoms with E-state index >= 15 is 0 Å². The highest BCUT2D eigenvalue weighted by molar-refractivity contribution is 7.99. The van der Waals surface area contributed by atoms with Gasteiger partial charge in [-0.3, -0.25) is 9.59 Å². The van der Waals surface area contributed by atoms with Crippen molar-refractivity contribution in [3.63, 3.8) is 0 Å². The van der Waals surface area contributed by atoms with Crippen LogP contribution in [0.2, 0.25) is 0 Å². The molecule has 1 saturated carbocycles. The number of hydrogen-bond donors (Lipinski definition) is 1. The summed E-state index contributed by atoms with van der Waals surface area (Å²) in [6, 6.07) is -0.0164. The minimum Gasteiger partial charge on any atom is -0.352 e. The second-order valence-electron chi connectivity index (χ2n) is 6.61. The molecule has 1 aliphatic heterocycles.